The Labute approximate surface area is 157 Å². The van der Waals surface area contributed by atoms with Crippen molar-refractivity contribution in [3.05, 3.63) is 42.0 Å². The molecule has 0 fully saturated rings. The molecule has 0 aliphatic heterocycles. The number of aromatic nitrogens is 1. The number of rotatable bonds is 7. The number of nitrogens with zero attached hydrogens (tertiary/aromatic N) is 1. The number of methoxy groups -OCH3 is 1. The van der Waals surface area contributed by atoms with Gasteiger partial charge < -0.3 is 14.2 Å². The van der Waals surface area contributed by atoms with Crippen LogP contribution in [-0.4, -0.2) is 31.2 Å². The molecule has 2 aromatic carbocycles. The van der Waals surface area contributed by atoms with Crippen LogP contribution in [0.2, 0.25) is 0 Å². The minimum atomic E-state index is -3.09. The molecule has 1 aromatic heterocycles. The highest BCUT2D eigenvalue weighted by atomic mass is 32.1. The fourth-order valence-corrected chi connectivity index (χ4v) is 3.33. The molecule has 3 rings (SSSR count). The molecule has 27 heavy (non-hydrogen) atoms. The molecule has 1 heterocycles. The molecule has 6 nitrogen and oxygen atoms in total. The van der Waals surface area contributed by atoms with E-state index >= 15 is 0 Å². The van der Waals surface area contributed by atoms with Crippen LogP contribution < -0.4 is 19.5 Å². The van der Waals surface area contributed by atoms with Gasteiger partial charge in [-0.05, 0) is 37.3 Å². The van der Waals surface area contributed by atoms with E-state index in [-0.39, 0.29) is 17.1 Å². The molecular weight excluding hydrogens is 378 g/mol. The van der Waals surface area contributed by atoms with Crippen LogP contribution in [0.4, 0.5) is 13.9 Å². The largest absolute Gasteiger partial charge is 0.494 e. The molecule has 9 heteroatoms. The minimum absolute atomic E-state index is 0.0357. The Kier molecular flexibility index (Phi) is 5.70. The predicted octanol–water partition coefficient (Wildman–Crippen LogP) is 4.56. The van der Waals surface area contributed by atoms with E-state index in [0.717, 1.165) is 4.70 Å². The van der Waals surface area contributed by atoms with Crippen LogP contribution >= 0.6 is 11.3 Å². The van der Waals surface area contributed by atoms with E-state index in [1.165, 1.54) is 36.6 Å². The standard InChI is InChI=1S/C18H16F2N2O4S/c1-3-25-10-7-8-12-14(9-10)27-18(21-12)22-16(23)11-5-4-6-13(24-2)15(11)26-17(19)20/h4-9,17H,3H2,1-2H3,(H,21,22,23). The van der Waals surface area contributed by atoms with Crippen molar-refractivity contribution in [2.24, 2.45) is 0 Å². The van der Waals surface area contributed by atoms with Crippen LogP contribution in [0.3, 0.4) is 0 Å². The average Bonchev–Trinajstić information content (AvgIpc) is 3.03. The number of carbonyl (C=O) groups excluding carboxylic acids is 1. The highest BCUT2D eigenvalue weighted by Gasteiger charge is 2.21. The van der Waals surface area contributed by atoms with Crippen LogP contribution in [0.5, 0.6) is 17.2 Å². The zero-order valence-electron chi connectivity index (χ0n) is 14.5. The maximum Gasteiger partial charge on any atom is 0.387 e. The van der Waals surface area contributed by atoms with Crippen LogP contribution in [-0.2, 0) is 0 Å². The van der Waals surface area contributed by atoms with E-state index in [1.807, 2.05) is 13.0 Å². The smallest absolute Gasteiger partial charge is 0.387 e. The summed E-state index contributed by atoms with van der Waals surface area (Å²) >= 11 is 1.25. The molecule has 0 atom stereocenters. The topological polar surface area (TPSA) is 69.7 Å². The first-order valence-electron chi connectivity index (χ1n) is 7.98. The number of ether oxygens (including phenoxy) is 3. The van der Waals surface area contributed by atoms with Gasteiger partial charge in [-0.3, -0.25) is 10.1 Å². The van der Waals surface area contributed by atoms with Crippen molar-refractivity contribution < 1.29 is 27.8 Å². The van der Waals surface area contributed by atoms with Gasteiger partial charge in [-0.2, -0.15) is 8.78 Å². The van der Waals surface area contributed by atoms with Gasteiger partial charge in [-0.15, -0.1) is 0 Å². The van der Waals surface area contributed by atoms with E-state index < -0.39 is 12.5 Å². The summed E-state index contributed by atoms with van der Waals surface area (Å²) in [6, 6.07) is 9.70. The first kappa shape index (κ1) is 18.8. The maximum atomic E-state index is 12.7. The third-order valence-corrected chi connectivity index (χ3v) is 4.48. The first-order chi connectivity index (χ1) is 13.0. The minimum Gasteiger partial charge on any atom is -0.494 e. The Bertz CT molecular complexity index is 962. The van der Waals surface area contributed by atoms with Crippen molar-refractivity contribution in [3.8, 4) is 17.2 Å². The molecular formula is C18H16F2N2O4S. The highest BCUT2D eigenvalue weighted by Crippen LogP contribution is 2.34. The molecule has 142 valence electrons. The van der Waals surface area contributed by atoms with Gasteiger partial charge in [0.15, 0.2) is 16.6 Å². The van der Waals surface area contributed by atoms with Gasteiger partial charge in [0.1, 0.15) is 5.75 Å². The van der Waals surface area contributed by atoms with Gasteiger partial charge in [-0.25, -0.2) is 4.98 Å². The molecule has 0 radical (unpaired) electrons. The summed E-state index contributed by atoms with van der Waals surface area (Å²) in [6.07, 6.45) is 0. The second-order valence-electron chi connectivity index (χ2n) is 5.25. The molecule has 0 saturated carbocycles. The average molecular weight is 394 g/mol. The van der Waals surface area contributed by atoms with Gasteiger partial charge in [0.2, 0.25) is 0 Å². The van der Waals surface area contributed by atoms with Crippen molar-refractivity contribution >= 4 is 32.6 Å². The van der Waals surface area contributed by atoms with Crippen molar-refractivity contribution in [2.45, 2.75) is 13.5 Å². The number of alkyl halides is 2. The molecule has 0 aliphatic carbocycles. The third-order valence-electron chi connectivity index (χ3n) is 3.54. The van der Waals surface area contributed by atoms with Crippen molar-refractivity contribution in [2.75, 3.05) is 19.0 Å². The van der Waals surface area contributed by atoms with Gasteiger partial charge in [0.25, 0.3) is 5.91 Å². The Morgan fingerprint density at radius 3 is 2.81 bits per heavy atom. The van der Waals surface area contributed by atoms with Crippen molar-refractivity contribution in [1.29, 1.82) is 0 Å². The highest BCUT2D eigenvalue weighted by molar-refractivity contribution is 7.22. The van der Waals surface area contributed by atoms with Crippen molar-refractivity contribution in [1.82, 2.24) is 4.98 Å². The normalized spacial score (nSPS) is 10.9. The fraction of sp³-hybridized carbons (Fsp3) is 0.222. The number of thiazole rings is 1. The van der Waals surface area contributed by atoms with E-state index in [1.54, 1.807) is 12.1 Å². The molecule has 0 saturated heterocycles. The lowest BCUT2D eigenvalue weighted by Gasteiger charge is -2.13. The second kappa shape index (κ2) is 8.17. The number of anilines is 1. The van der Waals surface area contributed by atoms with E-state index in [4.69, 9.17) is 9.47 Å². The van der Waals surface area contributed by atoms with Gasteiger partial charge >= 0.3 is 6.61 Å². The van der Waals surface area contributed by atoms with E-state index in [0.29, 0.717) is 23.0 Å². The number of benzene rings is 2. The van der Waals surface area contributed by atoms with Crippen LogP contribution in [0.15, 0.2) is 36.4 Å². The Hall–Kier alpha value is -2.94. The summed E-state index contributed by atoms with van der Waals surface area (Å²) in [7, 11) is 1.30. The lowest BCUT2D eigenvalue weighted by atomic mass is 10.1. The molecule has 1 N–H and O–H groups in total. The Morgan fingerprint density at radius 1 is 1.30 bits per heavy atom. The molecule has 3 aromatic rings. The summed E-state index contributed by atoms with van der Waals surface area (Å²) in [5.74, 6) is -0.221. The summed E-state index contributed by atoms with van der Waals surface area (Å²) in [6.45, 7) is -0.667. The van der Waals surface area contributed by atoms with Crippen LogP contribution in [0, 0.1) is 0 Å². The zero-order valence-corrected chi connectivity index (χ0v) is 15.3. The molecule has 0 spiro atoms. The Morgan fingerprint density at radius 2 is 2.11 bits per heavy atom. The number of carbonyl (C=O) groups is 1. The van der Waals surface area contributed by atoms with Crippen molar-refractivity contribution in [3.63, 3.8) is 0 Å². The number of para-hydroxylation sites is 1. The number of nitrogens with one attached hydrogen (secondary N) is 1. The SMILES string of the molecule is CCOc1ccc2nc(NC(=O)c3cccc(OC)c3OC(F)F)sc2c1. The number of amides is 1. The lowest BCUT2D eigenvalue weighted by Crippen LogP contribution is -2.15. The summed E-state index contributed by atoms with van der Waals surface area (Å²) in [5.41, 5.74) is 0.609. The molecule has 1 amide bonds. The first-order valence-corrected chi connectivity index (χ1v) is 8.80. The Balaban J connectivity index is 1.88. The van der Waals surface area contributed by atoms with Gasteiger partial charge in [0, 0.05) is 0 Å². The maximum absolute atomic E-state index is 12.7. The molecule has 0 unspecified atom stereocenters. The van der Waals surface area contributed by atoms with Crippen LogP contribution in [0.25, 0.3) is 10.2 Å². The number of hydrogen-bond acceptors (Lipinski definition) is 6. The third kappa shape index (κ3) is 4.25. The van der Waals surface area contributed by atoms with E-state index in [9.17, 15) is 13.6 Å². The monoisotopic (exact) mass is 394 g/mol. The van der Waals surface area contributed by atoms with Crippen LogP contribution in [0.1, 0.15) is 17.3 Å². The van der Waals surface area contributed by atoms with E-state index in [2.05, 4.69) is 15.0 Å². The zero-order chi connectivity index (χ0) is 19.4. The molecule has 0 bridgehead atoms. The second-order valence-corrected chi connectivity index (χ2v) is 6.28. The quantitative estimate of drug-likeness (QED) is 0.636. The summed E-state index contributed by atoms with van der Waals surface area (Å²) < 4.78 is 41.2. The van der Waals surface area contributed by atoms with Gasteiger partial charge in [0.05, 0.1) is 29.5 Å². The predicted molar refractivity (Wildman–Crippen MR) is 98.4 cm³/mol. The number of hydrogen-bond donors (Lipinski definition) is 1. The molecule has 0 aliphatic rings. The van der Waals surface area contributed by atoms with Gasteiger partial charge in [-0.1, -0.05) is 17.4 Å². The number of fused-ring (bicyclic) bond motifs is 1. The fourth-order valence-electron chi connectivity index (χ4n) is 2.45. The lowest BCUT2D eigenvalue weighted by molar-refractivity contribution is -0.0515. The summed E-state index contributed by atoms with van der Waals surface area (Å²) in [4.78, 5) is 16.9. The summed E-state index contributed by atoms with van der Waals surface area (Å²) in [5, 5.41) is 2.94. The number of halogens is 2.